The van der Waals surface area contributed by atoms with Gasteiger partial charge < -0.3 is 31.2 Å². The summed E-state index contributed by atoms with van der Waals surface area (Å²) in [6, 6.07) is 19.2. The van der Waals surface area contributed by atoms with Crippen LogP contribution in [-0.4, -0.2) is 59.4 Å². The van der Waals surface area contributed by atoms with Crippen LogP contribution in [0.5, 0.6) is 0 Å². The lowest BCUT2D eigenvalue weighted by molar-refractivity contribution is 0.102. The summed E-state index contributed by atoms with van der Waals surface area (Å²) < 4.78 is 0. The summed E-state index contributed by atoms with van der Waals surface area (Å²) in [4.78, 5) is 24.7. The molecule has 2 aromatic carbocycles. The van der Waals surface area contributed by atoms with Gasteiger partial charge in [0.15, 0.2) is 0 Å². The van der Waals surface area contributed by atoms with Gasteiger partial charge in [-0.3, -0.25) is 9.78 Å². The number of para-hydroxylation sites is 3. The molecule has 192 valence electrons. The van der Waals surface area contributed by atoms with E-state index in [4.69, 9.17) is 5.73 Å². The Morgan fingerprint density at radius 1 is 1.05 bits per heavy atom. The standard InChI is InChI=1S/C29H35N7O/c1-21(31-15-14-23-19-33-26-10-6-4-8-24(23)26)36(17-16-35(2)3)20-22-12-13-28(32-18-22)29(37)34-27-11-7-5-9-25(27)30/h4-13,18-19,31,33H,1,14-17,20,30H2,2-3H3,(H,34,37). The molecule has 0 unspecified atom stereocenters. The number of hydrogen-bond donors (Lipinski definition) is 4. The number of nitrogens with zero attached hydrogens (tertiary/aromatic N) is 3. The van der Waals surface area contributed by atoms with Crippen LogP contribution in [0.15, 0.2) is 85.5 Å². The van der Waals surface area contributed by atoms with Crippen LogP contribution in [0.1, 0.15) is 21.6 Å². The zero-order chi connectivity index (χ0) is 26.2. The van der Waals surface area contributed by atoms with Crippen molar-refractivity contribution in [2.45, 2.75) is 13.0 Å². The number of pyridine rings is 1. The normalized spacial score (nSPS) is 11.0. The minimum atomic E-state index is -0.294. The fraction of sp³-hybridized carbons (Fsp3) is 0.241. The second-order valence-corrected chi connectivity index (χ2v) is 9.30. The van der Waals surface area contributed by atoms with Gasteiger partial charge in [0.2, 0.25) is 0 Å². The second-order valence-electron chi connectivity index (χ2n) is 9.30. The van der Waals surface area contributed by atoms with Crippen LogP contribution >= 0.6 is 0 Å². The molecule has 0 saturated carbocycles. The van der Waals surface area contributed by atoms with E-state index in [1.54, 1.807) is 24.4 Å². The first-order chi connectivity index (χ1) is 17.9. The molecule has 0 bridgehead atoms. The van der Waals surface area contributed by atoms with Crippen molar-refractivity contribution in [3.05, 3.63) is 102 Å². The zero-order valence-corrected chi connectivity index (χ0v) is 21.5. The molecule has 8 heteroatoms. The summed E-state index contributed by atoms with van der Waals surface area (Å²) >= 11 is 0. The fourth-order valence-electron chi connectivity index (χ4n) is 4.09. The van der Waals surface area contributed by atoms with E-state index in [1.165, 1.54) is 10.9 Å². The van der Waals surface area contributed by atoms with E-state index in [1.807, 2.05) is 24.3 Å². The highest BCUT2D eigenvalue weighted by molar-refractivity contribution is 6.04. The number of carbonyl (C=O) groups is 1. The van der Waals surface area contributed by atoms with Crippen molar-refractivity contribution in [3.8, 4) is 0 Å². The van der Waals surface area contributed by atoms with E-state index in [2.05, 4.69) is 75.5 Å². The number of fused-ring (bicyclic) bond motifs is 1. The number of anilines is 2. The van der Waals surface area contributed by atoms with Crippen LogP contribution in [0.2, 0.25) is 0 Å². The van der Waals surface area contributed by atoms with Crippen LogP contribution in [-0.2, 0) is 13.0 Å². The maximum atomic E-state index is 12.6. The third-order valence-corrected chi connectivity index (χ3v) is 6.24. The average molecular weight is 498 g/mol. The number of nitrogens with two attached hydrogens (primary N) is 1. The molecule has 5 N–H and O–H groups in total. The van der Waals surface area contributed by atoms with Gasteiger partial charge in [0.25, 0.3) is 5.91 Å². The van der Waals surface area contributed by atoms with Gasteiger partial charge in [0.05, 0.1) is 17.2 Å². The highest BCUT2D eigenvalue weighted by Gasteiger charge is 2.13. The van der Waals surface area contributed by atoms with Crippen molar-refractivity contribution in [3.63, 3.8) is 0 Å². The number of nitrogen functional groups attached to an aromatic ring is 1. The molecule has 0 atom stereocenters. The largest absolute Gasteiger partial charge is 0.397 e. The summed E-state index contributed by atoms with van der Waals surface area (Å²) in [6.07, 6.45) is 4.71. The first kappa shape index (κ1) is 25.8. The maximum Gasteiger partial charge on any atom is 0.274 e. The van der Waals surface area contributed by atoms with Crippen molar-refractivity contribution < 1.29 is 4.79 Å². The predicted octanol–water partition coefficient (Wildman–Crippen LogP) is 4.06. The number of nitrogens with one attached hydrogen (secondary N) is 3. The summed E-state index contributed by atoms with van der Waals surface area (Å²) in [5.41, 5.74) is 10.8. The Bertz CT molecular complexity index is 1340. The SMILES string of the molecule is C=C(NCCc1c[nH]c2ccccc12)N(CCN(C)C)Cc1ccc(C(=O)Nc2ccccc2N)nc1. The van der Waals surface area contributed by atoms with Crippen molar-refractivity contribution in [1.82, 2.24) is 25.1 Å². The molecule has 1 amide bonds. The fourth-order valence-corrected chi connectivity index (χ4v) is 4.09. The van der Waals surface area contributed by atoms with E-state index in [0.717, 1.165) is 43.0 Å². The summed E-state index contributed by atoms with van der Waals surface area (Å²) in [5, 5.41) is 7.56. The smallest absolute Gasteiger partial charge is 0.274 e. The Morgan fingerprint density at radius 2 is 1.84 bits per heavy atom. The predicted molar refractivity (Wildman–Crippen MR) is 151 cm³/mol. The van der Waals surface area contributed by atoms with Crippen molar-refractivity contribution >= 4 is 28.2 Å². The zero-order valence-electron chi connectivity index (χ0n) is 21.5. The maximum absolute atomic E-state index is 12.6. The van der Waals surface area contributed by atoms with Gasteiger partial charge in [-0.1, -0.05) is 43.0 Å². The van der Waals surface area contributed by atoms with Crippen molar-refractivity contribution in [2.24, 2.45) is 0 Å². The molecule has 0 spiro atoms. The molecule has 4 rings (SSSR count). The van der Waals surface area contributed by atoms with Crippen LogP contribution in [0, 0.1) is 0 Å². The second kappa shape index (κ2) is 12.1. The summed E-state index contributed by atoms with van der Waals surface area (Å²) in [5.74, 6) is 0.570. The molecule has 0 saturated heterocycles. The minimum absolute atomic E-state index is 0.294. The van der Waals surface area contributed by atoms with Crippen molar-refractivity contribution in [2.75, 3.05) is 44.8 Å². The molecule has 2 aromatic heterocycles. The van der Waals surface area contributed by atoms with Gasteiger partial charge in [-0.05, 0) is 55.9 Å². The van der Waals surface area contributed by atoms with Crippen molar-refractivity contribution in [1.29, 1.82) is 0 Å². The molecule has 4 aromatic rings. The Labute approximate surface area is 218 Å². The molecule has 37 heavy (non-hydrogen) atoms. The molecule has 0 radical (unpaired) electrons. The quantitative estimate of drug-likeness (QED) is 0.220. The Kier molecular flexibility index (Phi) is 8.43. The van der Waals surface area contributed by atoms with Gasteiger partial charge in [0.1, 0.15) is 5.69 Å². The third-order valence-electron chi connectivity index (χ3n) is 6.24. The van der Waals surface area contributed by atoms with Crippen LogP contribution in [0.4, 0.5) is 11.4 Å². The molecular formula is C29H35N7O. The van der Waals surface area contributed by atoms with Gasteiger partial charge in [0, 0.05) is 49.5 Å². The van der Waals surface area contributed by atoms with Gasteiger partial charge in [-0.25, -0.2) is 0 Å². The van der Waals surface area contributed by atoms with E-state index < -0.39 is 0 Å². The van der Waals surface area contributed by atoms with Crippen LogP contribution in [0.3, 0.4) is 0 Å². The molecule has 0 aliphatic heterocycles. The van der Waals surface area contributed by atoms with E-state index in [0.29, 0.717) is 23.6 Å². The lowest BCUT2D eigenvalue weighted by atomic mass is 10.1. The molecular weight excluding hydrogens is 462 g/mol. The van der Waals surface area contributed by atoms with Gasteiger partial charge in [-0.2, -0.15) is 0 Å². The monoisotopic (exact) mass is 497 g/mol. The van der Waals surface area contributed by atoms with Gasteiger partial charge in [-0.15, -0.1) is 0 Å². The molecule has 0 aliphatic carbocycles. The minimum Gasteiger partial charge on any atom is -0.397 e. The highest BCUT2D eigenvalue weighted by Crippen LogP contribution is 2.19. The Hall–Kier alpha value is -4.30. The first-order valence-electron chi connectivity index (χ1n) is 12.4. The van der Waals surface area contributed by atoms with E-state index in [-0.39, 0.29) is 5.91 Å². The third kappa shape index (κ3) is 6.89. The Morgan fingerprint density at radius 3 is 2.59 bits per heavy atom. The summed E-state index contributed by atoms with van der Waals surface area (Å²) in [7, 11) is 4.11. The molecule has 8 nitrogen and oxygen atoms in total. The number of likely N-dealkylation sites (N-methyl/N-ethyl adjacent to an activating group) is 1. The van der Waals surface area contributed by atoms with E-state index in [9.17, 15) is 4.79 Å². The average Bonchev–Trinajstić information content (AvgIpc) is 3.31. The lowest BCUT2D eigenvalue weighted by Crippen LogP contribution is -2.36. The highest BCUT2D eigenvalue weighted by atomic mass is 16.1. The number of amides is 1. The lowest BCUT2D eigenvalue weighted by Gasteiger charge is -2.29. The van der Waals surface area contributed by atoms with Gasteiger partial charge >= 0.3 is 0 Å². The number of hydrogen-bond acceptors (Lipinski definition) is 6. The summed E-state index contributed by atoms with van der Waals surface area (Å²) in [6.45, 7) is 7.40. The number of benzene rings is 2. The topological polar surface area (TPSA) is 102 Å². The van der Waals surface area contributed by atoms with Crippen LogP contribution < -0.4 is 16.4 Å². The van der Waals surface area contributed by atoms with Crippen LogP contribution in [0.25, 0.3) is 10.9 Å². The number of carbonyl (C=O) groups excluding carboxylic acids is 1. The number of rotatable bonds is 12. The molecule has 0 fully saturated rings. The number of H-pyrrole nitrogens is 1. The molecule has 2 heterocycles. The molecule has 0 aliphatic rings. The van der Waals surface area contributed by atoms with E-state index >= 15 is 0 Å². The number of aromatic nitrogens is 2. The number of aromatic amines is 1. The first-order valence-corrected chi connectivity index (χ1v) is 12.4. The Balaban J connectivity index is 1.36.